The van der Waals surface area contributed by atoms with Crippen LogP contribution in [0.2, 0.25) is 0 Å². The summed E-state index contributed by atoms with van der Waals surface area (Å²) < 4.78 is 12.3. The van der Waals surface area contributed by atoms with Crippen LogP contribution in [0, 0.1) is 5.41 Å². The fraction of sp³-hybridized carbons (Fsp3) is 0.190. The van der Waals surface area contributed by atoms with Gasteiger partial charge in [0.1, 0.15) is 11.5 Å². The Bertz CT molecular complexity index is 1120. The van der Waals surface area contributed by atoms with Gasteiger partial charge in [-0.15, -0.1) is 0 Å². The molecule has 0 saturated heterocycles. The molecule has 1 unspecified atom stereocenters. The van der Waals surface area contributed by atoms with Crippen LogP contribution in [-0.2, 0) is 0 Å². The summed E-state index contributed by atoms with van der Waals surface area (Å²) >= 11 is 0. The van der Waals surface area contributed by atoms with E-state index in [4.69, 9.17) is 31.5 Å². The van der Waals surface area contributed by atoms with Gasteiger partial charge in [0.25, 0.3) is 0 Å². The number of benzene rings is 2. The van der Waals surface area contributed by atoms with E-state index in [-0.39, 0.29) is 17.7 Å². The molecule has 1 aromatic heterocycles. The molecule has 4 rings (SSSR count). The standard InChI is InChI=1S/C21H22N6O2/c1-28-12-7-8-19(29-2)16(9-12)18-11-27(21(24)25-18)26-17-10-15(20(22)23)13-5-3-4-6-14(13)17/h3-9,11,15H,10H2,1-2H3,(H3,22,23)(H2,24,25)/b26-17+. The zero-order valence-electron chi connectivity index (χ0n) is 16.2. The van der Waals surface area contributed by atoms with E-state index >= 15 is 0 Å². The highest BCUT2D eigenvalue weighted by Crippen LogP contribution is 2.35. The van der Waals surface area contributed by atoms with Crippen molar-refractivity contribution in [1.82, 2.24) is 9.66 Å². The Balaban J connectivity index is 1.76. The third-order valence-corrected chi connectivity index (χ3v) is 5.05. The molecule has 148 valence electrons. The maximum absolute atomic E-state index is 7.89. The summed E-state index contributed by atoms with van der Waals surface area (Å²) in [6, 6.07) is 13.3. The number of methoxy groups -OCH3 is 2. The van der Waals surface area contributed by atoms with Crippen LogP contribution in [0.25, 0.3) is 11.3 Å². The SMILES string of the molecule is COc1ccc(OC)c(-c2cn(/N=C3\CC(C(=N)N)c4ccccc43)c(N)n2)c1. The van der Waals surface area contributed by atoms with Gasteiger partial charge in [0.15, 0.2) is 0 Å². The summed E-state index contributed by atoms with van der Waals surface area (Å²) in [5, 5.41) is 12.6. The molecule has 2 aromatic carbocycles. The highest BCUT2D eigenvalue weighted by atomic mass is 16.5. The first-order chi connectivity index (χ1) is 14.0. The van der Waals surface area contributed by atoms with E-state index in [0.717, 1.165) is 22.4 Å². The molecule has 5 N–H and O–H groups in total. The molecule has 29 heavy (non-hydrogen) atoms. The highest BCUT2D eigenvalue weighted by molar-refractivity contribution is 6.10. The molecule has 0 spiro atoms. The van der Waals surface area contributed by atoms with Crippen LogP contribution in [0.15, 0.2) is 53.8 Å². The minimum atomic E-state index is -0.173. The quantitative estimate of drug-likeness (QED) is 0.456. The molecule has 8 nitrogen and oxygen atoms in total. The topological polar surface area (TPSA) is 125 Å². The summed E-state index contributed by atoms with van der Waals surface area (Å²) in [5.74, 6) is 1.55. The van der Waals surface area contributed by atoms with Gasteiger partial charge in [0.2, 0.25) is 5.95 Å². The van der Waals surface area contributed by atoms with Gasteiger partial charge in [-0.1, -0.05) is 24.3 Å². The van der Waals surface area contributed by atoms with E-state index < -0.39 is 0 Å². The van der Waals surface area contributed by atoms with E-state index in [0.29, 0.717) is 23.6 Å². The van der Waals surface area contributed by atoms with Gasteiger partial charge in [-0.05, 0) is 23.8 Å². The highest BCUT2D eigenvalue weighted by Gasteiger charge is 2.30. The number of aromatic nitrogens is 2. The predicted molar refractivity (Wildman–Crippen MR) is 113 cm³/mol. The van der Waals surface area contributed by atoms with E-state index in [1.165, 1.54) is 0 Å². The number of nitrogens with zero attached hydrogens (tertiary/aromatic N) is 3. The van der Waals surface area contributed by atoms with Crippen LogP contribution >= 0.6 is 0 Å². The molecule has 0 fully saturated rings. The van der Waals surface area contributed by atoms with Crippen molar-refractivity contribution in [1.29, 1.82) is 5.41 Å². The Kier molecular flexibility index (Phi) is 4.67. The lowest BCUT2D eigenvalue weighted by Crippen LogP contribution is -2.18. The first-order valence-electron chi connectivity index (χ1n) is 9.10. The van der Waals surface area contributed by atoms with Crippen LogP contribution in [0.4, 0.5) is 5.95 Å². The second-order valence-corrected chi connectivity index (χ2v) is 6.74. The number of ether oxygens (including phenoxy) is 2. The molecule has 0 radical (unpaired) electrons. The molecule has 8 heteroatoms. The normalized spacial score (nSPS) is 16.6. The number of amidine groups is 1. The number of nitrogens with one attached hydrogen (secondary N) is 1. The summed E-state index contributed by atoms with van der Waals surface area (Å²) in [5.41, 5.74) is 16.1. The van der Waals surface area contributed by atoms with Crippen LogP contribution in [0.1, 0.15) is 23.5 Å². The van der Waals surface area contributed by atoms with Gasteiger partial charge in [-0.2, -0.15) is 5.10 Å². The molecular weight excluding hydrogens is 368 g/mol. The van der Waals surface area contributed by atoms with E-state index in [2.05, 4.69) is 4.98 Å². The summed E-state index contributed by atoms with van der Waals surface area (Å²) in [6.45, 7) is 0. The lowest BCUT2D eigenvalue weighted by atomic mass is 10.0. The van der Waals surface area contributed by atoms with Crippen molar-refractivity contribution in [3.63, 3.8) is 0 Å². The molecular formula is C21H22N6O2. The second-order valence-electron chi connectivity index (χ2n) is 6.74. The van der Waals surface area contributed by atoms with Crippen molar-refractivity contribution in [2.75, 3.05) is 20.0 Å². The molecule has 3 aromatic rings. The Morgan fingerprint density at radius 2 is 1.97 bits per heavy atom. The third kappa shape index (κ3) is 3.29. The molecule has 0 bridgehead atoms. The molecule has 1 aliphatic carbocycles. The largest absolute Gasteiger partial charge is 0.497 e. The number of imidazole rings is 1. The number of fused-ring (bicyclic) bond motifs is 1. The van der Waals surface area contributed by atoms with Crippen molar-refractivity contribution in [3.8, 4) is 22.8 Å². The van der Waals surface area contributed by atoms with Gasteiger partial charge in [-0.3, -0.25) is 5.41 Å². The first kappa shape index (κ1) is 18.5. The van der Waals surface area contributed by atoms with Gasteiger partial charge >= 0.3 is 0 Å². The van der Waals surface area contributed by atoms with Crippen molar-refractivity contribution in [2.24, 2.45) is 10.8 Å². The van der Waals surface area contributed by atoms with Crippen LogP contribution in [-0.4, -0.2) is 35.4 Å². The molecule has 1 aliphatic rings. The number of nitrogens with two attached hydrogens (primary N) is 2. The number of hydrogen-bond acceptors (Lipinski definition) is 6. The maximum atomic E-state index is 7.89. The fourth-order valence-corrected chi connectivity index (χ4v) is 3.59. The average Bonchev–Trinajstić information content (AvgIpc) is 3.29. The summed E-state index contributed by atoms with van der Waals surface area (Å²) in [4.78, 5) is 4.45. The smallest absolute Gasteiger partial charge is 0.221 e. The van der Waals surface area contributed by atoms with Gasteiger partial charge in [0.05, 0.1) is 37.7 Å². The second kappa shape index (κ2) is 7.31. The summed E-state index contributed by atoms with van der Waals surface area (Å²) in [7, 11) is 3.21. The monoisotopic (exact) mass is 390 g/mol. The molecule has 1 atom stereocenters. The predicted octanol–water partition coefficient (Wildman–Crippen LogP) is 2.83. The van der Waals surface area contributed by atoms with Gasteiger partial charge in [0, 0.05) is 23.5 Å². The molecule has 0 saturated carbocycles. The van der Waals surface area contributed by atoms with Crippen molar-refractivity contribution < 1.29 is 9.47 Å². The Labute approximate surface area is 168 Å². The number of anilines is 1. The first-order valence-corrected chi connectivity index (χ1v) is 9.10. The van der Waals surface area contributed by atoms with Crippen molar-refractivity contribution >= 4 is 17.5 Å². The average molecular weight is 390 g/mol. The lowest BCUT2D eigenvalue weighted by Gasteiger charge is -2.08. The van der Waals surface area contributed by atoms with Crippen molar-refractivity contribution in [3.05, 3.63) is 59.8 Å². The zero-order chi connectivity index (χ0) is 20.5. The van der Waals surface area contributed by atoms with E-state index in [9.17, 15) is 0 Å². The van der Waals surface area contributed by atoms with E-state index in [1.807, 2.05) is 42.5 Å². The fourth-order valence-electron chi connectivity index (χ4n) is 3.59. The number of hydrogen-bond donors (Lipinski definition) is 3. The zero-order valence-corrected chi connectivity index (χ0v) is 16.2. The maximum Gasteiger partial charge on any atom is 0.221 e. The van der Waals surface area contributed by atoms with Crippen LogP contribution in [0.5, 0.6) is 11.5 Å². The van der Waals surface area contributed by atoms with Crippen LogP contribution in [0.3, 0.4) is 0 Å². The van der Waals surface area contributed by atoms with Gasteiger partial charge < -0.3 is 20.9 Å². The summed E-state index contributed by atoms with van der Waals surface area (Å²) in [6.07, 6.45) is 2.30. The molecule has 0 amide bonds. The van der Waals surface area contributed by atoms with E-state index in [1.54, 1.807) is 25.1 Å². The molecule has 0 aliphatic heterocycles. The van der Waals surface area contributed by atoms with Crippen molar-refractivity contribution in [2.45, 2.75) is 12.3 Å². The van der Waals surface area contributed by atoms with Gasteiger partial charge in [-0.25, -0.2) is 9.66 Å². The third-order valence-electron chi connectivity index (χ3n) is 5.05. The Morgan fingerprint density at radius 1 is 1.17 bits per heavy atom. The Hall–Kier alpha value is -3.81. The minimum absolute atomic E-state index is 0.128. The number of nitrogen functional groups attached to an aromatic ring is 1. The minimum Gasteiger partial charge on any atom is -0.497 e. The lowest BCUT2D eigenvalue weighted by molar-refractivity contribution is 0.404. The Morgan fingerprint density at radius 3 is 2.69 bits per heavy atom. The molecule has 1 heterocycles. The van der Waals surface area contributed by atoms with Crippen LogP contribution < -0.4 is 20.9 Å². The number of rotatable bonds is 5.